The van der Waals surface area contributed by atoms with Gasteiger partial charge in [-0.15, -0.1) is 0 Å². The monoisotopic (exact) mass is 160 g/mol. The molecule has 0 saturated carbocycles. The van der Waals surface area contributed by atoms with Crippen LogP contribution in [0.4, 0.5) is 0 Å². The molecule has 0 amide bonds. The van der Waals surface area contributed by atoms with E-state index in [9.17, 15) is 0 Å². The molecule has 0 heterocycles. The third-order valence-electron chi connectivity index (χ3n) is 1.57. The highest BCUT2D eigenvalue weighted by Crippen LogP contribution is 1.96. The number of rotatable bonds is 7. The summed E-state index contributed by atoms with van der Waals surface area (Å²) in [6, 6.07) is 0. The van der Waals surface area contributed by atoms with Crippen molar-refractivity contribution in [1.82, 2.24) is 0 Å². The normalized spacial score (nSPS) is 13.4. The van der Waals surface area contributed by atoms with Gasteiger partial charge in [0, 0.05) is 13.2 Å². The predicted molar refractivity (Wildman–Crippen MR) is 46.6 cm³/mol. The topological polar surface area (TPSA) is 29.5 Å². The van der Waals surface area contributed by atoms with Crippen LogP contribution in [0.1, 0.15) is 39.5 Å². The Morgan fingerprint density at radius 2 is 2.00 bits per heavy atom. The van der Waals surface area contributed by atoms with Crippen molar-refractivity contribution in [3.05, 3.63) is 0 Å². The molecule has 0 aliphatic carbocycles. The molecule has 0 radical (unpaired) electrons. The molecule has 2 heteroatoms. The highest BCUT2D eigenvalue weighted by molar-refractivity contribution is 4.44. The fourth-order valence-electron chi connectivity index (χ4n) is 0.810. The van der Waals surface area contributed by atoms with Crippen LogP contribution in [0.25, 0.3) is 0 Å². The molecule has 0 aliphatic heterocycles. The van der Waals surface area contributed by atoms with Gasteiger partial charge < -0.3 is 9.84 Å². The number of aliphatic hydroxyl groups is 1. The van der Waals surface area contributed by atoms with Crippen LogP contribution in [0.5, 0.6) is 0 Å². The van der Waals surface area contributed by atoms with Crippen LogP contribution in [0, 0.1) is 0 Å². The molecular formula is C9H20O2. The summed E-state index contributed by atoms with van der Waals surface area (Å²) in [5.74, 6) is 0. The molecule has 0 aromatic heterocycles. The zero-order chi connectivity index (χ0) is 8.53. The molecule has 0 aliphatic rings. The fourth-order valence-corrected chi connectivity index (χ4v) is 0.810. The van der Waals surface area contributed by atoms with E-state index in [4.69, 9.17) is 9.84 Å². The van der Waals surface area contributed by atoms with E-state index in [1.165, 1.54) is 12.8 Å². The Morgan fingerprint density at radius 1 is 1.27 bits per heavy atom. The minimum absolute atomic E-state index is 0.221. The van der Waals surface area contributed by atoms with Gasteiger partial charge in [-0.25, -0.2) is 0 Å². The third kappa shape index (κ3) is 9.92. The molecule has 0 bridgehead atoms. The summed E-state index contributed by atoms with van der Waals surface area (Å²) in [6.07, 6.45) is 4.16. The first-order valence-corrected chi connectivity index (χ1v) is 4.53. The van der Waals surface area contributed by atoms with E-state index in [1.807, 2.05) is 0 Å². The summed E-state index contributed by atoms with van der Waals surface area (Å²) in [5.41, 5.74) is 0. The maximum atomic E-state index is 8.88. The van der Waals surface area contributed by atoms with E-state index < -0.39 is 0 Å². The van der Waals surface area contributed by atoms with Crippen LogP contribution < -0.4 is 0 Å². The molecule has 0 aromatic rings. The first-order chi connectivity index (χ1) is 5.27. The second kappa shape index (κ2) is 8.02. The number of aliphatic hydroxyl groups excluding tert-OH is 1. The van der Waals surface area contributed by atoms with Crippen LogP contribution in [0.2, 0.25) is 0 Å². The van der Waals surface area contributed by atoms with Crippen LogP contribution >= 0.6 is 0 Å². The van der Waals surface area contributed by atoms with Crippen LogP contribution in [0.15, 0.2) is 0 Å². The minimum atomic E-state index is -0.221. The molecule has 68 valence electrons. The Hall–Kier alpha value is -0.0800. The number of unbranched alkanes of at least 4 members (excludes halogenated alkanes) is 2. The molecule has 0 aromatic carbocycles. The van der Waals surface area contributed by atoms with Gasteiger partial charge in [-0.2, -0.15) is 0 Å². The lowest BCUT2D eigenvalue weighted by Gasteiger charge is -2.04. The van der Waals surface area contributed by atoms with E-state index in [0.717, 1.165) is 19.4 Å². The molecule has 2 nitrogen and oxygen atoms in total. The molecular weight excluding hydrogens is 140 g/mol. The van der Waals surface area contributed by atoms with Gasteiger partial charge in [-0.1, -0.05) is 19.8 Å². The van der Waals surface area contributed by atoms with Crippen molar-refractivity contribution >= 4 is 0 Å². The minimum Gasteiger partial charge on any atom is -0.393 e. The Morgan fingerprint density at radius 3 is 2.55 bits per heavy atom. The molecule has 0 rings (SSSR count). The predicted octanol–water partition coefficient (Wildman–Crippen LogP) is 1.96. The van der Waals surface area contributed by atoms with Crippen LogP contribution in [-0.2, 0) is 4.74 Å². The van der Waals surface area contributed by atoms with Crippen molar-refractivity contribution in [1.29, 1.82) is 0 Å². The maximum absolute atomic E-state index is 8.88. The Bertz CT molecular complexity index is 72.0. The van der Waals surface area contributed by atoms with Crippen molar-refractivity contribution in [2.45, 2.75) is 45.6 Å². The highest BCUT2D eigenvalue weighted by atomic mass is 16.5. The lowest BCUT2D eigenvalue weighted by Crippen LogP contribution is -2.06. The van der Waals surface area contributed by atoms with E-state index in [0.29, 0.717) is 6.61 Å². The summed E-state index contributed by atoms with van der Waals surface area (Å²) in [4.78, 5) is 0. The number of hydrogen-bond donors (Lipinski definition) is 1. The second-order valence-corrected chi connectivity index (χ2v) is 2.96. The molecule has 1 N–H and O–H groups in total. The van der Waals surface area contributed by atoms with Crippen molar-refractivity contribution in [2.75, 3.05) is 13.2 Å². The molecule has 0 fully saturated rings. The van der Waals surface area contributed by atoms with E-state index >= 15 is 0 Å². The van der Waals surface area contributed by atoms with E-state index in [2.05, 4.69) is 6.92 Å². The van der Waals surface area contributed by atoms with Gasteiger partial charge in [-0.3, -0.25) is 0 Å². The van der Waals surface area contributed by atoms with E-state index in [1.54, 1.807) is 6.92 Å². The van der Waals surface area contributed by atoms with Gasteiger partial charge in [0.25, 0.3) is 0 Å². The molecule has 0 saturated heterocycles. The van der Waals surface area contributed by atoms with Crippen molar-refractivity contribution in [3.8, 4) is 0 Å². The summed E-state index contributed by atoms with van der Waals surface area (Å²) in [6.45, 7) is 5.51. The fraction of sp³-hybridized carbons (Fsp3) is 1.00. The largest absolute Gasteiger partial charge is 0.393 e. The van der Waals surface area contributed by atoms with Gasteiger partial charge in [0.05, 0.1) is 6.10 Å². The molecule has 0 spiro atoms. The maximum Gasteiger partial charge on any atom is 0.0534 e. The standard InChI is InChI=1S/C9H20O2/c1-3-4-5-7-11-8-6-9(2)10/h9-10H,3-8H2,1-2H3. The van der Waals surface area contributed by atoms with Crippen LogP contribution in [0.3, 0.4) is 0 Å². The smallest absolute Gasteiger partial charge is 0.0534 e. The quantitative estimate of drug-likeness (QED) is 0.577. The average Bonchev–Trinajstić information content (AvgIpc) is 1.96. The Labute approximate surface area is 69.6 Å². The SMILES string of the molecule is CCCCCOCCC(C)O. The highest BCUT2D eigenvalue weighted by Gasteiger charge is 1.94. The zero-order valence-corrected chi connectivity index (χ0v) is 7.68. The zero-order valence-electron chi connectivity index (χ0n) is 7.68. The summed E-state index contributed by atoms with van der Waals surface area (Å²) in [7, 11) is 0. The summed E-state index contributed by atoms with van der Waals surface area (Å²) >= 11 is 0. The average molecular weight is 160 g/mol. The Kier molecular flexibility index (Phi) is 7.96. The van der Waals surface area contributed by atoms with Crippen molar-refractivity contribution in [3.63, 3.8) is 0 Å². The van der Waals surface area contributed by atoms with Crippen molar-refractivity contribution in [2.24, 2.45) is 0 Å². The van der Waals surface area contributed by atoms with E-state index in [-0.39, 0.29) is 6.10 Å². The first kappa shape index (κ1) is 10.9. The number of ether oxygens (including phenoxy) is 1. The van der Waals surface area contributed by atoms with Gasteiger partial charge in [-0.05, 0) is 19.8 Å². The van der Waals surface area contributed by atoms with Gasteiger partial charge >= 0.3 is 0 Å². The summed E-state index contributed by atoms with van der Waals surface area (Å²) < 4.78 is 5.29. The molecule has 11 heavy (non-hydrogen) atoms. The molecule has 1 atom stereocenters. The Balaban J connectivity index is 2.80. The first-order valence-electron chi connectivity index (χ1n) is 4.53. The van der Waals surface area contributed by atoms with Gasteiger partial charge in [0.15, 0.2) is 0 Å². The van der Waals surface area contributed by atoms with Crippen LogP contribution in [-0.4, -0.2) is 24.4 Å². The van der Waals surface area contributed by atoms with Gasteiger partial charge in [0.1, 0.15) is 0 Å². The summed E-state index contributed by atoms with van der Waals surface area (Å²) in [5, 5.41) is 8.88. The second-order valence-electron chi connectivity index (χ2n) is 2.96. The number of hydrogen-bond acceptors (Lipinski definition) is 2. The van der Waals surface area contributed by atoms with Crippen molar-refractivity contribution < 1.29 is 9.84 Å². The lowest BCUT2D eigenvalue weighted by atomic mass is 10.3. The molecule has 1 unspecified atom stereocenters. The van der Waals surface area contributed by atoms with Gasteiger partial charge in [0.2, 0.25) is 0 Å². The lowest BCUT2D eigenvalue weighted by molar-refractivity contribution is 0.0872. The third-order valence-corrected chi connectivity index (χ3v) is 1.57.